The third kappa shape index (κ3) is 3.45. The van der Waals surface area contributed by atoms with Crippen LogP contribution in [0.3, 0.4) is 0 Å². The van der Waals surface area contributed by atoms with Crippen molar-refractivity contribution in [2.45, 2.75) is 6.92 Å². The standard InChI is InChI=1S/C15H11Cl2IO2/c1-2-20-14-8-12(16)11(7-13(14)17)15(19)9-4-3-5-10(18)6-9/h3-8H,2H2,1H3. The van der Waals surface area contributed by atoms with E-state index in [2.05, 4.69) is 22.6 Å². The van der Waals surface area contributed by atoms with E-state index >= 15 is 0 Å². The van der Waals surface area contributed by atoms with E-state index in [0.717, 1.165) is 3.57 Å². The van der Waals surface area contributed by atoms with Crippen LogP contribution in [0.1, 0.15) is 22.8 Å². The lowest BCUT2D eigenvalue weighted by atomic mass is 10.0. The van der Waals surface area contributed by atoms with E-state index in [1.165, 1.54) is 0 Å². The Kier molecular flexibility index (Phi) is 5.29. The molecule has 2 aromatic carbocycles. The smallest absolute Gasteiger partial charge is 0.194 e. The van der Waals surface area contributed by atoms with E-state index in [-0.39, 0.29) is 5.78 Å². The van der Waals surface area contributed by atoms with Crippen molar-refractivity contribution >= 4 is 51.6 Å². The van der Waals surface area contributed by atoms with Crippen molar-refractivity contribution < 1.29 is 9.53 Å². The molecule has 0 spiro atoms. The average Bonchev–Trinajstić information content (AvgIpc) is 2.42. The largest absolute Gasteiger partial charge is 0.492 e. The average molecular weight is 421 g/mol. The Hall–Kier alpha value is -0.780. The molecule has 0 saturated heterocycles. The number of ketones is 1. The lowest BCUT2D eigenvalue weighted by Gasteiger charge is -2.10. The number of carbonyl (C=O) groups excluding carboxylic acids is 1. The maximum Gasteiger partial charge on any atom is 0.194 e. The van der Waals surface area contributed by atoms with Crippen molar-refractivity contribution in [1.29, 1.82) is 0 Å². The van der Waals surface area contributed by atoms with Gasteiger partial charge in [-0.25, -0.2) is 0 Å². The van der Waals surface area contributed by atoms with Gasteiger partial charge in [0.2, 0.25) is 0 Å². The summed E-state index contributed by atoms with van der Waals surface area (Å²) in [4.78, 5) is 12.5. The van der Waals surface area contributed by atoms with Crippen molar-refractivity contribution in [3.8, 4) is 5.75 Å². The minimum atomic E-state index is -0.154. The van der Waals surface area contributed by atoms with Crippen molar-refractivity contribution in [2.75, 3.05) is 6.61 Å². The maximum atomic E-state index is 12.5. The highest BCUT2D eigenvalue weighted by atomic mass is 127. The van der Waals surface area contributed by atoms with Gasteiger partial charge in [-0.1, -0.05) is 35.3 Å². The molecule has 0 N–H and O–H groups in total. The topological polar surface area (TPSA) is 26.3 Å². The molecule has 0 atom stereocenters. The van der Waals surface area contributed by atoms with E-state index in [1.807, 2.05) is 25.1 Å². The summed E-state index contributed by atoms with van der Waals surface area (Å²) in [6.45, 7) is 2.34. The molecule has 0 radical (unpaired) electrons. The monoisotopic (exact) mass is 420 g/mol. The molecule has 0 fully saturated rings. The van der Waals surface area contributed by atoms with E-state index in [9.17, 15) is 4.79 Å². The first-order valence-electron chi connectivity index (χ1n) is 5.95. The van der Waals surface area contributed by atoms with Gasteiger partial charge < -0.3 is 4.74 Å². The van der Waals surface area contributed by atoms with Crippen LogP contribution in [0.25, 0.3) is 0 Å². The highest BCUT2D eigenvalue weighted by Crippen LogP contribution is 2.32. The van der Waals surface area contributed by atoms with Crippen molar-refractivity contribution in [1.82, 2.24) is 0 Å². The zero-order chi connectivity index (χ0) is 14.7. The molecular formula is C15H11Cl2IO2. The van der Waals surface area contributed by atoms with Gasteiger partial charge in [0.1, 0.15) is 5.75 Å². The summed E-state index contributed by atoms with van der Waals surface area (Å²) in [5.74, 6) is 0.330. The van der Waals surface area contributed by atoms with E-state index in [1.54, 1.807) is 18.2 Å². The third-order valence-electron chi connectivity index (χ3n) is 2.65. The van der Waals surface area contributed by atoms with Crippen LogP contribution in [-0.2, 0) is 0 Å². The summed E-state index contributed by atoms with van der Waals surface area (Å²) < 4.78 is 6.34. The zero-order valence-electron chi connectivity index (χ0n) is 10.6. The molecule has 0 bridgehead atoms. The molecule has 104 valence electrons. The Morgan fingerprint density at radius 3 is 2.60 bits per heavy atom. The minimum absolute atomic E-state index is 0.154. The first-order chi connectivity index (χ1) is 9.52. The molecule has 0 heterocycles. The Morgan fingerprint density at radius 2 is 1.95 bits per heavy atom. The fourth-order valence-corrected chi connectivity index (χ4v) is 2.75. The van der Waals surface area contributed by atoms with Crippen LogP contribution in [0.4, 0.5) is 0 Å². The van der Waals surface area contributed by atoms with Gasteiger partial charge in [-0.05, 0) is 47.7 Å². The van der Waals surface area contributed by atoms with Gasteiger partial charge in [-0.2, -0.15) is 0 Å². The van der Waals surface area contributed by atoms with Crippen LogP contribution >= 0.6 is 45.8 Å². The molecule has 0 saturated carbocycles. The summed E-state index contributed by atoms with van der Waals surface area (Å²) >= 11 is 14.4. The quantitative estimate of drug-likeness (QED) is 0.500. The van der Waals surface area contributed by atoms with Gasteiger partial charge in [0.05, 0.1) is 16.7 Å². The fourth-order valence-electron chi connectivity index (χ4n) is 1.75. The second-order valence-electron chi connectivity index (χ2n) is 4.03. The molecule has 0 aromatic heterocycles. The first-order valence-corrected chi connectivity index (χ1v) is 7.78. The van der Waals surface area contributed by atoms with Gasteiger partial charge >= 0.3 is 0 Å². The van der Waals surface area contributed by atoms with Crippen LogP contribution in [0.5, 0.6) is 5.75 Å². The summed E-state index contributed by atoms with van der Waals surface area (Å²) in [6, 6.07) is 10.4. The number of ether oxygens (including phenoxy) is 1. The van der Waals surface area contributed by atoms with Crippen LogP contribution in [0.15, 0.2) is 36.4 Å². The molecule has 0 amide bonds. The molecule has 0 aliphatic rings. The predicted molar refractivity (Wildman–Crippen MR) is 90.2 cm³/mol. The van der Waals surface area contributed by atoms with Crippen molar-refractivity contribution in [3.63, 3.8) is 0 Å². The number of halogens is 3. The Morgan fingerprint density at radius 1 is 1.20 bits per heavy atom. The molecule has 0 unspecified atom stereocenters. The predicted octanol–water partition coefficient (Wildman–Crippen LogP) is 5.23. The van der Waals surface area contributed by atoms with E-state index < -0.39 is 0 Å². The molecular weight excluding hydrogens is 410 g/mol. The number of carbonyl (C=O) groups is 1. The molecule has 2 aromatic rings. The summed E-state index contributed by atoms with van der Waals surface area (Å²) in [5.41, 5.74) is 0.959. The second-order valence-corrected chi connectivity index (χ2v) is 6.09. The highest BCUT2D eigenvalue weighted by molar-refractivity contribution is 14.1. The van der Waals surface area contributed by atoms with Gasteiger partial charge in [-0.3, -0.25) is 4.79 Å². The van der Waals surface area contributed by atoms with Gasteiger partial charge in [-0.15, -0.1) is 0 Å². The fraction of sp³-hybridized carbons (Fsp3) is 0.133. The van der Waals surface area contributed by atoms with Crippen LogP contribution in [-0.4, -0.2) is 12.4 Å². The lowest BCUT2D eigenvalue weighted by Crippen LogP contribution is -2.03. The Bertz CT molecular complexity index is 656. The third-order valence-corrected chi connectivity index (χ3v) is 3.93. The van der Waals surface area contributed by atoms with Crippen LogP contribution in [0, 0.1) is 3.57 Å². The molecule has 2 nitrogen and oxygen atoms in total. The molecule has 2 rings (SSSR count). The SMILES string of the molecule is CCOc1cc(Cl)c(C(=O)c2cccc(I)c2)cc1Cl. The Balaban J connectivity index is 2.43. The van der Waals surface area contributed by atoms with Crippen LogP contribution in [0.2, 0.25) is 10.0 Å². The number of rotatable bonds is 4. The minimum Gasteiger partial charge on any atom is -0.492 e. The number of hydrogen-bond acceptors (Lipinski definition) is 2. The molecule has 0 aliphatic carbocycles. The van der Waals surface area contributed by atoms with E-state index in [4.69, 9.17) is 27.9 Å². The Labute approximate surface area is 141 Å². The van der Waals surface area contributed by atoms with Crippen molar-refractivity contribution in [3.05, 3.63) is 61.1 Å². The summed E-state index contributed by atoms with van der Waals surface area (Å²) in [7, 11) is 0. The molecule has 20 heavy (non-hydrogen) atoms. The number of benzene rings is 2. The summed E-state index contributed by atoms with van der Waals surface area (Å²) in [5, 5.41) is 0.715. The van der Waals surface area contributed by atoms with Gasteiger partial charge in [0.25, 0.3) is 0 Å². The zero-order valence-corrected chi connectivity index (χ0v) is 14.3. The van der Waals surface area contributed by atoms with Crippen LogP contribution < -0.4 is 4.74 Å². The number of hydrogen-bond donors (Lipinski definition) is 0. The van der Waals surface area contributed by atoms with Gasteiger partial charge in [0, 0.05) is 20.8 Å². The second kappa shape index (κ2) is 6.78. The van der Waals surface area contributed by atoms with Crippen molar-refractivity contribution in [2.24, 2.45) is 0 Å². The highest BCUT2D eigenvalue weighted by Gasteiger charge is 2.16. The molecule has 0 aliphatic heterocycles. The normalized spacial score (nSPS) is 10.4. The maximum absolute atomic E-state index is 12.5. The molecule has 5 heteroatoms. The van der Waals surface area contributed by atoms with Gasteiger partial charge in [0.15, 0.2) is 5.78 Å². The van der Waals surface area contributed by atoms with E-state index in [0.29, 0.717) is 33.5 Å². The lowest BCUT2D eigenvalue weighted by molar-refractivity contribution is 0.103. The summed E-state index contributed by atoms with van der Waals surface area (Å²) in [6.07, 6.45) is 0. The first kappa shape index (κ1) is 15.6.